The van der Waals surface area contributed by atoms with Crippen molar-refractivity contribution in [1.82, 2.24) is 0 Å². The lowest BCUT2D eigenvalue weighted by molar-refractivity contribution is 0.0974. The first-order chi connectivity index (χ1) is 19.4. The van der Waals surface area contributed by atoms with E-state index in [0.29, 0.717) is 33.6 Å². The lowest BCUT2D eigenvalue weighted by atomic mass is 9.84. The number of hydrogen-bond donors (Lipinski definition) is 2. The number of nitrogen functional groups attached to an aromatic ring is 2. The van der Waals surface area contributed by atoms with Crippen molar-refractivity contribution in [2.75, 3.05) is 11.5 Å². The molecule has 1 aliphatic rings. The molecule has 1 aliphatic carbocycles. The highest BCUT2D eigenvalue weighted by Gasteiger charge is 2.34. The highest BCUT2D eigenvalue weighted by Crippen LogP contribution is 2.43. The number of fused-ring (bicyclic) bond motifs is 2. The van der Waals surface area contributed by atoms with Gasteiger partial charge in [0, 0.05) is 53.2 Å². The molecule has 40 heavy (non-hydrogen) atoms. The molecule has 4 nitrogen and oxygen atoms in total. The molecule has 0 aliphatic heterocycles. The summed E-state index contributed by atoms with van der Waals surface area (Å²) in [7, 11) is 0. The molecule has 4 aromatic rings. The normalized spacial score (nSPS) is 12.3. The SMILES string of the molecule is CCCCc1ccc(Sc2cccc3c2C(=O)c2c(Sc4ccc(CCCC)cc4N)cccc2C3=O)c(N)c1. The van der Waals surface area contributed by atoms with Crippen LogP contribution in [0.25, 0.3) is 0 Å². The van der Waals surface area contributed by atoms with Crippen LogP contribution in [0.2, 0.25) is 0 Å². The van der Waals surface area contributed by atoms with Crippen molar-refractivity contribution in [1.29, 1.82) is 0 Å². The van der Waals surface area contributed by atoms with Gasteiger partial charge in [-0.05, 0) is 73.2 Å². The Morgan fingerprint density at radius 3 is 1.43 bits per heavy atom. The Bertz CT molecular complexity index is 1480. The first-order valence-corrected chi connectivity index (χ1v) is 15.5. The monoisotopic (exact) mass is 566 g/mol. The van der Waals surface area contributed by atoms with E-state index in [-0.39, 0.29) is 11.6 Å². The first-order valence-electron chi connectivity index (χ1n) is 13.9. The van der Waals surface area contributed by atoms with Crippen LogP contribution in [0.4, 0.5) is 11.4 Å². The molecule has 0 saturated heterocycles. The van der Waals surface area contributed by atoms with Crippen LogP contribution in [0.3, 0.4) is 0 Å². The topological polar surface area (TPSA) is 86.2 Å². The molecule has 0 amide bonds. The van der Waals surface area contributed by atoms with Crippen LogP contribution in [-0.2, 0) is 12.8 Å². The molecule has 204 valence electrons. The fourth-order valence-electron chi connectivity index (χ4n) is 5.04. The van der Waals surface area contributed by atoms with Crippen molar-refractivity contribution in [2.45, 2.75) is 72.0 Å². The summed E-state index contributed by atoms with van der Waals surface area (Å²) in [5.41, 5.74) is 18.4. The van der Waals surface area contributed by atoms with Crippen molar-refractivity contribution in [3.63, 3.8) is 0 Å². The number of unbranched alkanes of at least 4 members (excludes halogenated alkanes) is 2. The van der Waals surface area contributed by atoms with E-state index in [2.05, 4.69) is 26.0 Å². The van der Waals surface area contributed by atoms with E-state index in [1.807, 2.05) is 48.5 Å². The number of hydrogen-bond acceptors (Lipinski definition) is 6. The number of benzene rings is 4. The second-order valence-corrected chi connectivity index (χ2v) is 12.3. The van der Waals surface area contributed by atoms with Crippen LogP contribution in [0.1, 0.15) is 82.5 Å². The van der Waals surface area contributed by atoms with Crippen LogP contribution in [-0.4, -0.2) is 11.6 Å². The smallest absolute Gasteiger partial charge is 0.196 e. The molecule has 5 rings (SSSR count). The van der Waals surface area contributed by atoms with Gasteiger partial charge in [0.15, 0.2) is 11.6 Å². The lowest BCUT2D eigenvalue weighted by Crippen LogP contribution is -2.22. The van der Waals surface area contributed by atoms with Crippen LogP contribution in [0, 0.1) is 0 Å². The van der Waals surface area contributed by atoms with Crippen LogP contribution in [0.15, 0.2) is 92.4 Å². The minimum atomic E-state index is -0.146. The Morgan fingerprint density at radius 2 is 1.02 bits per heavy atom. The third kappa shape index (κ3) is 5.70. The van der Waals surface area contributed by atoms with E-state index in [1.165, 1.54) is 34.7 Å². The van der Waals surface area contributed by atoms with E-state index >= 15 is 0 Å². The van der Waals surface area contributed by atoms with E-state index in [9.17, 15) is 9.59 Å². The summed E-state index contributed by atoms with van der Waals surface area (Å²) in [6, 6.07) is 23.2. The summed E-state index contributed by atoms with van der Waals surface area (Å²) in [6.45, 7) is 4.34. The molecular weight excluding hydrogens is 533 g/mol. The van der Waals surface area contributed by atoms with Gasteiger partial charge in [-0.3, -0.25) is 9.59 Å². The zero-order valence-electron chi connectivity index (χ0n) is 23.0. The number of anilines is 2. The Labute approximate surface area is 244 Å². The van der Waals surface area contributed by atoms with Crippen molar-refractivity contribution < 1.29 is 9.59 Å². The Kier molecular flexibility index (Phi) is 8.67. The van der Waals surface area contributed by atoms with E-state index in [4.69, 9.17) is 11.5 Å². The quantitative estimate of drug-likeness (QED) is 0.165. The van der Waals surface area contributed by atoms with Crippen LogP contribution >= 0.6 is 23.5 Å². The number of aryl methyl sites for hydroxylation is 2. The highest BCUT2D eigenvalue weighted by molar-refractivity contribution is 8.00. The number of nitrogens with two attached hydrogens (primary N) is 2. The van der Waals surface area contributed by atoms with E-state index < -0.39 is 0 Å². The highest BCUT2D eigenvalue weighted by atomic mass is 32.2. The summed E-state index contributed by atoms with van der Waals surface area (Å²) in [5, 5.41) is 0. The third-order valence-corrected chi connectivity index (χ3v) is 9.53. The minimum absolute atomic E-state index is 0.139. The largest absolute Gasteiger partial charge is 0.398 e. The Morgan fingerprint density at radius 1 is 0.575 bits per heavy atom. The van der Waals surface area contributed by atoms with Gasteiger partial charge in [-0.25, -0.2) is 0 Å². The average Bonchev–Trinajstić information content (AvgIpc) is 2.96. The molecular formula is C34H34N2O2S2. The Balaban J connectivity index is 1.49. The molecule has 0 atom stereocenters. The lowest BCUT2D eigenvalue weighted by Gasteiger charge is -2.22. The third-order valence-electron chi connectivity index (χ3n) is 7.22. The molecule has 4 N–H and O–H groups in total. The number of ketones is 2. The summed E-state index contributed by atoms with van der Waals surface area (Å²) < 4.78 is 0. The number of carbonyl (C=O) groups excluding carboxylic acids is 2. The molecule has 0 unspecified atom stereocenters. The van der Waals surface area contributed by atoms with E-state index in [0.717, 1.165) is 58.1 Å². The molecule has 4 aromatic carbocycles. The molecule has 6 heteroatoms. The van der Waals surface area contributed by atoms with Gasteiger partial charge in [-0.15, -0.1) is 0 Å². The van der Waals surface area contributed by atoms with Crippen molar-refractivity contribution in [3.05, 3.63) is 106 Å². The van der Waals surface area contributed by atoms with Gasteiger partial charge in [0.05, 0.1) is 0 Å². The van der Waals surface area contributed by atoms with Gasteiger partial charge in [-0.1, -0.05) is 86.6 Å². The molecule has 0 bridgehead atoms. The van der Waals surface area contributed by atoms with Gasteiger partial charge < -0.3 is 11.5 Å². The van der Waals surface area contributed by atoms with Crippen LogP contribution in [0.5, 0.6) is 0 Å². The van der Waals surface area contributed by atoms with Gasteiger partial charge >= 0.3 is 0 Å². The summed E-state index contributed by atoms with van der Waals surface area (Å²) in [6.07, 6.45) is 6.46. The number of carbonyl (C=O) groups is 2. The molecule has 0 heterocycles. The van der Waals surface area contributed by atoms with Gasteiger partial charge in [0.25, 0.3) is 0 Å². The fourth-order valence-corrected chi connectivity index (χ4v) is 7.04. The maximum absolute atomic E-state index is 14.1. The summed E-state index contributed by atoms with van der Waals surface area (Å²) in [4.78, 5) is 31.0. The van der Waals surface area contributed by atoms with Crippen molar-refractivity contribution in [2.24, 2.45) is 0 Å². The fraction of sp³-hybridized carbons (Fsp3) is 0.235. The summed E-state index contributed by atoms with van der Waals surface area (Å²) in [5.74, 6) is -0.285. The Hall–Kier alpha value is -3.48. The zero-order valence-corrected chi connectivity index (χ0v) is 24.6. The van der Waals surface area contributed by atoms with E-state index in [1.54, 1.807) is 12.1 Å². The second kappa shape index (κ2) is 12.4. The standard InChI is InChI=1S/C34H34N2O2S2/c1-3-5-9-21-15-17-27(25(35)19-21)39-29-13-7-11-23-31(29)34(38)32-24(33(23)37)12-8-14-30(32)40-28-18-16-22(10-6-4-2)20-26(28)36/h7-8,11-20H,3-6,9-10,35-36H2,1-2H3. The predicted octanol–water partition coefficient (Wildman–Crippen LogP) is 8.61. The summed E-state index contributed by atoms with van der Waals surface area (Å²) >= 11 is 2.87. The maximum Gasteiger partial charge on any atom is 0.196 e. The zero-order chi connectivity index (χ0) is 28.2. The predicted molar refractivity (Wildman–Crippen MR) is 167 cm³/mol. The molecule has 0 fully saturated rings. The molecule has 0 radical (unpaired) electrons. The first kappa shape index (κ1) is 28.1. The molecule has 0 spiro atoms. The maximum atomic E-state index is 14.1. The minimum Gasteiger partial charge on any atom is -0.398 e. The van der Waals surface area contributed by atoms with Gasteiger partial charge in [-0.2, -0.15) is 0 Å². The van der Waals surface area contributed by atoms with Crippen molar-refractivity contribution >= 4 is 46.5 Å². The molecule has 0 aromatic heterocycles. The van der Waals surface area contributed by atoms with Gasteiger partial charge in [0.2, 0.25) is 0 Å². The second-order valence-electron chi connectivity index (χ2n) is 10.2. The molecule has 0 saturated carbocycles. The van der Waals surface area contributed by atoms with Crippen molar-refractivity contribution in [3.8, 4) is 0 Å². The van der Waals surface area contributed by atoms with Gasteiger partial charge in [0.1, 0.15) is 0 Å². The average molecular weight is 567 g/mol. The number of rotatable bonds is 10. The van der Waals surface area contributed by atoms with Crippen LogP contribution < -0.4 is 11.5 Å².